The minimum atomic E-state index is 0.877. The molecule has 2 heterocycles. The van der Waals surface area contributed by atoms with E-state index >= 15 is 0 Å². The summed E-state index contributed by atoms with van der Waals surface area (Å²) in [5, 5.41) is 3.40. The van der Waals surface area contributed by atoms with E-state index in [2.05, 4.69) is 75.1 Å². The number of benzene rings is 2. The van der Waals surface area contributed by atoms with Crippen LogP contribution in [-0.2, 0) is 19.3 Å². The second kappa shape index (κ2) is 7.63. The molecule has 2 nitrogen and oxygen atoms in total. The Labute approximate surface area is 168 Å². The van der Waals surface area contributed by atoms with Crippen LogP contribution >= 0.6 is 0 Å². The van der Waals surface area contributed by atoms with Crippen LogP contribution in [0.15, 0.2) is 55.2 Å². The van der Waals surface area contributed by atoms with Gasteiger partial charge in [-0.2, -0.15) is 0 Å². The third-order valence-electron chi connectivity index (χ3n) is 5.61. The molecule has 0 bridgehead atoms. The number of nitrogens with zero attached hydrogens (tertiary/aromatic N) is 1. The van der Waals surface area contributed by atoms with Gasteiger partial charge in [-0.3, -0.25) is 4.98 Å². The Kier molecular flexibility index (Phi) is 5.04. The summed E-state index contributed by atoms with van der Waals surface area (Å²) in [5.41, 5.74) is 12.1. The molecule has 0 spiro atoms. The molecule has 0 amide bonds. The predicted molar refractivity (Wildman–Crippen MR) is 120 cm³/mol. The summed E-state index contributed by atoms with van der Waals surface area (Å²) >= 11 is 0. The summed E-state index contributed by atoms with van der Waals surface area (Å²) in [6.07, 6.45) is 6.40. The monoisotopic (exact) mass is 368 g/mol. The number of fused-ring (bicyclic) bond motifs is 3. The number of anilines is 1. The van der Waals surface area contributed by atoms with Gasteiger partial charge in [-0.05, 0) is 73.1 Å². The lowest BCUT2D eigenvalue weighted by atomic mass is 9.93. The van der Waals surface area contributed by atoms with Gasteiger partial charge in [0.25, 0.3) is 0 Å². The molecule has 0 radical (unpaired) electrons. The predicted octanol–water partition coefficient (Wildman–Crippen LogP) is 6.50. The summed E-state index contributed by atoms with van der Waals surface area (Å²) in [5.74, 6) is 0. The Morgan fingerprint density at radius 2 is 1.75 bits per heavy atom. The fourth-order valence-corrected chi connectivity index (χ4v) is 4.07. The zero-order valence-corrected chi connectivity index (χ0v) is 17.1. The van der Waals surface area contributed by atoms with Crippen molar-refractivity contribution in [1.82, 2.24) is 4.98 Å². The van der Waals surface area contributed by atoms with Crippen molar-refractivity contribution in [3.8, 4) is 11.1 Å². The number of aromatic nitrogens is 1. The van der Waals surface area contributed by atoms with E-state index in [4.69, 9.17) is 4.98 Å². The maximum Gasteiger partial charge on any atom is 0.0937 e. The molecule has 1 aliphatic heterocycles. The molecule has 1 aliphatic rings. The lowest BCUT2D eigenvalue weighted by Crippen LogP contribution is -2.10. The SMILES string of the molecule is C=C1Nc2cc(C)ccc2-c2cc(CCc3ccc(CCC)cc3C)cnc21. The van der Waals surface area contributed by atoms with Crippen molar-refractivity contribution in [3.05, 3.63) is 88.8 Å². The molecule has 2 aromatic carbocycles. The van der Waals surface area contributed by atoms with E-state index in [-0.39, 0.29) is 0 Å². The molecule has 0 unspecified atom stereocenters. The third kappa shape index (κ3) is 3.60. The number of nitrogens with one attached hydrogen (secondary N) is 1. The average molecular weight is 369 g/mol. The van der Waals surface area contributed by atoms with Gasteiger partial charge >= 0.3 is 0 Å². The molecular weight excluding hydrogens is 340 g/mol. The molecule has 0 saturated heterocycles. The lowest BCUT2D eigenvalue weighted by Gasteiger charge is -2.23. The van der Waals surface area contributed by atoms with Crippen molar-refractivity contribution in [2.24, 2.45) is 0 Å². The van der Waals surface area contributed by atoms with Crippen LogP contribution < -0.4 is 5.32 Å². The van der Waals surface area contributed by atoms with Crippen molar-refractivity contribution in [2.45, 2.75) is 46.5 Å². The smallest absolute Gasteiger partial charge is 0.0937 e. The van der Waals surface area contributed by atoms with Crippen LogP contribution in [0.1, 0.15) is 46.9 Å². The van der Waals surface area contributed by atoms with Crippen LogP contribution in [0.3, 0.4) is 0 Å². The highest BCUT2D eigenvalue weighted by Crippen LogP contribution is 2.39. The summed E-state index contributed by atoms with van der Waals surface area (Å²) in [4.78, 5) is 4.73. The molecule has 142 valence electrons. The van der Waals surface area contributed by atoms with Crippen molar-refractivity contribution < 1.29 is 0 Å². The number of hydrogen-bond acceptors (Lipinski definition) is 2. The zero-order chi connectivity index (χ0) is 19.7. The number of aryl methyl sites for hydroxylation is 5. The molecule has 0 fully saturated rings. The van der Waals surface area contributed by atoms with Gasteiger partial charge in [0.05, 0.1) is 11.4 Å². The first-order valence-electron chi connectivity index (χ1n) is 10.2. The number of hydrogen-bond donors (Lipinski definition) is 1. The van der Waals surface area contributed by atoms with Crippen molar-refractivity contribution in [2.75, 3.05) is 5.32 Å². The van der Waals surface area contributed by atoms with Crippen LogP contribution in [0.5, 0.6) is 0 Å². The van der Waals surface area contributed by atoms with Gasteiger partial charge in [-0.1, -0.05) is 50.3 Å². The zero-order valence-electron chi connectivity index (χ0n) is 17.1. The Bertz CT molecular complexity index is 1050. The van der Waals surface area contributed by atoms with Crippen LogP contribution in [0.25, 0.3) is 16.8 Å². The summed E-state index contributed by atoms with van der Waals surface area (Å²) in [6.45, 7) is 10.7. The van der Waals surface area contributed by atoms with Gasteiger partial charge in [0.1, 0.15) is 0 Å². The molecule has 0 saturated carbocycles. The maximum absolute atomic E-state index is 4.73. The van der Waals surface area contributed by atoms with E-state index in [0.29, 0.717) is 0 Å². The number of pyridine rings is 1. The van der Waals surface area contributed by atoms with Crippen LogP contribution in [0.4, 0.5) is 5.69 Å². The van der Waals surface area contributed by atoms with Crippen molar-refractivity contribution in [1.29, 1.82) is 0 Å². The third-order valence-corrected chi connectivity index (χ3v) is 5.61. The van der Waals surface area contributed by atoms with Crippen LogP contribution in [-0.4, -0.2) is 4.98 Å². The van der Waals surface area contributed by atoms with Gasteiger partial charge < -0.3 is 5.32 Å². The van der Waals surface area contributed by atoms with E-state index in [1.807, 2.05) is 6.20 Å². The second-order valence-corrected chi connectivity index (χ2v) is 7.90. The highest BCUT2D eigenvalue weighted by molar-refractivity contribution is 5.95. The Morgan fingerprint density at radius 1 is 0.893 bits per heavy atom. The molecule has 28 heavy (non-hydrogen) atoms. The van der Waals surface area contributed by atoms with E-state index in [9.17, 15) is 0 Å². The van der Waals surface area contributed by atoms with Crippen LogP contribution in [0.2, 0.25) is 0 Å². The molecule has 0 atom stereocenters. The summed E-state index contributed by atoms with van der Waals surface area (Å²) in [6, 6.07) is 15.7. The van der Waals surface area contributed by atoms with E-state index in [1.165, 1.54) is 45.4 Å². The standard InChI is InChI=1S/C26H28N2/c1-5-6-20-8-10-22(18(3)14-20)11-9-21-15-24-23-12-7-17(2)13-25(23)28-19(4)26(24)27-16-21/h7-8,10,12-16,28H,4-6,9,11H2,1-3H3. The highest BCUT2D eigenvalue weighted by atomic mass is 14.9. The minimum Gasteiger partial charge on any atom is -0.354 e. The molecule has 0 aliphatic carbocycles. The van der Waals surface area contributed by atoms with Crippen molar-refractivity contribution >= 4 is 11.4 Å². The van der Waals surface area contributed by atoms with Gasteiger partial charge in [0, 0.05) is 23.0 Å². The summed E-state index contributed by atoms with van der Waals surface area (Å²) < 4.78 is 0. The molecule has 3 aromatic rings. The van der Waals surface area contributed by atoms with E-state index in [0.717, 1.165) is 36.3 Å². The first-order chi connectivity index (χ1) is 13.5. The summed E-state index contributed by atoms with van der Waals surface area (Å²) in [7, 11) is 0. The number of rotatable bonds is 5. The Balaban J connectivity index is 1.59. The molecule has 1 N–H and O–H groups in total. The fourth-order valence-electron chi connectivity index (χ4n) is 4.07. The second-order valence-electron chi connectivity index (χ2n) is 7.90. The molecule has 1 aromatic heterocycles. The molecular formula is C26H28N2. The quantitative estimate of drug-likeness (QED) is 0.556. The maximum atomic E-state index is 4.73. The first kappa shape index (κ1) is 18.5. The van der Waals surface area contributed by atoms with E-state index < -0.39 is 0 Å². The molecule has 2 heteroatoms. The average Bonchev–Trinajstić information content (AvgIpc) is 2.67. The lowest BCUT2D eigenvalue weighted by molar-refractivity contribution is 0.906. The highest BCUT2D eigenvalue weighted by Gasteiger charge is 2.20. The topological polar surface area (TPSA) is 24.9 Å². The van der Waals surface area contributed by atoms with Crippen molar-refractivity contribution in [3.63, 3.8) is 0 Å². The van der Waals surface area contributed by atoms with Gasteiger partial charge in [0.2, 0.25) is 0 Å². The van der Waals surface area contributed by atoms with Gasteiger partial charge in [-0.15, -0.1) is 0 Å². The minimum absolute atomic E-state index is 0.877. The Morgan fingerprint density at radius 3 is 2.54 bits per heavy atom. The van der Waals surface area contributed by atoms with Gasteiger partial charge in [0.15, 0.2) is 0 Å². The fraction of sp³-hybridized carbons (Fsp3) is 0.269. The Hall–Kier alpha value is -2.87. The van der Waals surface area contributed by atoms with Gasteiger partial charge in [-0.25, -0.2) is 0 Å². The molecule has 4 rings (SSSR count). The van der Waals surface area contributed by atoms with E-state index in [1.54, 1.807) is 0 Å². The first-order valence-corrected chi connectivity index (χ1v) is 10.2. The normalized spacial score (nSPS) is 12.3. The largest absolute Gasteiger partial charge is 0.354 e. The van der Waals surface area contributed by atoms with Crippen LogP contribution in [0, 0.1) is 13.8 Å².